The molecule has 0 rings (SSSR count). The maximum atomic E-state index is 5.34. The van der Waals surface area contributed by atoms with Gasteiger partial charge in [0.2, 0.25) is 0 Å². The Kier molecular flexibility index (Phi) is 8.14. The maximum absolute atomic E-state index is 5.34. The fraction of sp³-hybridized carbons (Fsp3) is 0.900. The van der Waals surface area contributed by atoms with Crippen molar-refractivity contribution < 1.29 is 13.3 Å². The first-order valence-corrected chi connectivity index (χ1v) is 7.51. The predicted octanol–water partition coefficient (Wildman–Crippen LogP) is 0.392. The van der Waals surface area contributed by atoms with Crippen LogP contribution in [0.2, 0.25) is 6.04 Å². The van der Waals surface area contributed by atoms with E-state index in [1.807, 2.05) is 19.0 Å². The van der Waals surface area contributed by atoms with Crippen LogP contribution in [-0.2, 0) is 13.3 Å². The summed E-state index contributed by atoms with van der Waals surface area (Å²) in [6, 6.07) is 0.786. The van der Waals surface area contributed by atoms with Crippen LogP contribution in [0, 0.1) is 0 Å². The minimum atomic E-state index is -2.42. The number of hydrogen-bond acceptors (Lipinski definition) is 4. The zero-order valence-electron chi connectivity index (χ0n) is 11.7. The number of nitrogens with one attached hydrogen (secondary N) is 1. The Morgan fingerprint density at radius 1 is 1.18 bits per heavy atom. The molecule has 0 saturated carbocycles. The van der Waals surface area contributed by atoms with Crippen molar-refractivity contribution in [3.8, 4) is 0 Å². The van der Waals surface area contributed by atoms with Crippen molar-refractivity contribution in [3.05, 3.63) is 0 Å². The van der Waals surface area contributed by atoms with Crippen molar-refractivity contribution in [2.45, 2.75) is 12.5 Å². The lowest BCUT2D eigenvalue weighted by molar-refractivity contribution is 0.123. The van der Waals surface area contributed by atoms with E-state index in [1.54, 1.807) is 28.4 Å². The third kappa shape index (κ3) is 5.49. The highest BCUT2D eigenvalue weighted by Gasteiger charge is 2.36. The standard InChI is InChI=1S/C10H25N3O3Si/c1-11-10(13(2)3)12-8-7-9-17(14-4,15-5)16-6/h7-9H2,1-6H3,(H,11,12). The molecule has 0 bridgehead atoms. The Bertz CT molecular complexity index is 225. The smallest absolute Gasteiger partial charge is 0.377 e. The van der Waals surface area contributed by atoms with E-state index in [4.69, 9.17) is 13.3 Å². The minimum absolute atomic E-state index is 0.786. The largest absolute Gasteiger partial charge is 0.500 e. The van der Waals surface area contributed by atoms with Crippen LogP contribution in [0.4, 0.5) is 0 Å². The summed E-state index contributed by atoms with van der Waals surface area (Å²) >= 11 is 0. The summed E-state index contributed by atoms with van der Waals surface area (Å²) in [5.41, 5.74) is 0. The minimum Gasteiger partial charge on any atom is -0.377 e. The summed E-state index contributed by atoms with van der Waals surface area (Å²) < 4.78 is 16.0. The average molecular weight is 263 g/mol. The molecule has 102 valence electrons. The van der Waals surface area contributed by atoms with Gasteiger partial charge >= 0.3 is 8.80 Å². The van der Waals surface area contributed by atoms with Gasteiger partial charge in [-0.25, -0.2) is 0 Å². The number of guanidine groups is 1. The Balaban J connectivity index is 3.98. The van der Waals surface area contributed by atoms with E-state index in [0.29, 0.717) is 0 Å². The molecule has 0 aliphatic rings. The molecular formula is C10H25N3O3Si. The van der Waals surface area contributed by atoms with E-state index in [1.165, 1.54) is 0 Å². The fourth-order valence-corrected chi connectivity index (χ4v) is 3.22. The summed E-state index contributed by atoms with van der Waals surface area (Å²) in [4.78, 5) is 6.07. The summed E-state index contributed by atoms with van der Waals surface area (Å²) in [7, 11) is 8.14. The van der Waals surface area contributed by atoms with Crippen molar-refractivity contribution in [1.29, 1.82) is 0 Å². The van der Waals surface area contributed by atoms with Crippen molar-refractivity contribution in [2.24, 2.45) is 4.99 Å². The van der Waals surface area contributed by atoms with Gasteiger partial charge in [0.05, 0.1) is 0 Å². The van der Waals surface area contributed by atoms with Gasteiger partial charge in [-0.05, 0) is 6.42 Å². The molecule has 0 aliphatic carbocycles. The molecule has 1 N–H and O–H groups in total. The summed E-state index contributed by atoms with van der Waals surface area (Å²) in [5.74, 6) is 0.865. The van der Waals surface area contributed by atoms with Gasteiger partial charge < -0.3 is 23.5 Å². The maximum Gasteiger partial charge on any atom is 0.500 e. The van der Waals surface area contributed by atoms with Crippen molar-refractivity contribution in [2.75, 3.05) is 49.0 Å². The first-order chi connectivity index (χ1) is 8.05. The third-order valence-electron chi connectivity index (χ3n) is 2.51. The second-order valence-electron chi connectivity index (χ2n) is 3.77. The van der Waals surface area contributed by atoms with Gasteiger partial charge in [-0.2, -0.15) is 0 Å². The zero-order valence-corrected chi connectivity index (χ0v) is 12.7. The second-order valence-corrected chi connectivity index (χ2v) is 6.86. The molecule has 0 spiro atoms. The fourth-order valence-electron chi connectivity index (χ4n) is 1.50. The molecule has 6 nitrogen and oxygen atoms in total. The second kappa shape index (κ2) is 8.46. The lowest BCUT2D eigenvalue weighted by Gasteiger charge is -2.24. The summed E-state index contributed by atoms with van der Waals surface area (Å²) in [6.45, 7) is 0.815. The normalized spacial score (nSPS) is 12.7. The zero-order chi connectivity index (χ0) is 13.3. The number of hydrogen-bond donors (Lipinski definition) is 1. The van der Waals surface area contributed by atoms with Crippen LogP contribution >= 0.6 is 0 Å². The molecule has 0 radical (unpaired) electrons. The van der Waals surface area contributed by atoms with Gasteiger partial charge in [0.1, 0.15) is 0 Å². The molecule has 0 amide bonds. The molecule has 0 saturated heterocycles. The molecule has 17 heavy (non-hydrogen) atoms. The van der Waals surface area contributed by atoms with E-state index in [0.717, 1.165) is 25.0 Å². The topological polar surface area (TPSA) is 55.3 Å². The Morgan fingerprint density at radius 3 is 2.06 bits per heavy atom. The van der Waals surface area contributed by atoms with Gasteiger partial charge in [-0.15, -0.1) is 0 Å². The average Bonchev–Trinajstić information content (AvgIpc) is 2.34. The van der Waals surface area contributed by atoms with Crippen molar-refractivity contribution in [3.63, 3.8) is 0 Å². The number of nitrogens with zero attached hydrogens (tertiary/aromatic N) is 2. The van der Waals surface area contributed by atoms with Gasteiger partial charge in [-0.1, -0.05) is 0 Å². The highest BCUT2D eigenvalue weighted by molar-refractivity contribution is 6.60. The molecule has 0 fully saturated rings. The first-order valence-electron chi connectivity index (χ1n) is 5.58. The molecule has 0 heterocycles. The van der Waals surface area contributed by atoms with Crippen molar-refractivity contribution in [1.82, 2.24) is 10.2 Å². The van der Waals surface area contributed by atoms with E-state index >= 15 is 0 Å². The van der Waals surface area contributed by atoms with Crippen LogP contribution in [0.25, 0.3) is 0 Å². The molecule has 7 heteroatoms. The molecule has 0 aliphatic heterocycles. The monoisotopic (exact) mass is 263 g/mol. The van der Waals surface area contributed by atoms with E-state index in [-0.39, 0.29) is 0 Å². The third-order valence-corrected chi connectivity index (χ3v) is 5.34. The predicted molar refractivity (Wildman–Crippen MR) is 71.3 cm³/mol. The van der Waals surface area contributed by atoms with E-state index in [2.05, 4.69) is 10.3 Å². The Labute approximate surface area is 105 Å². The molecule has 0 aromatic carbocycles. The lowest BCUT2D eigenvalue weighted by atomic mass is 10.5. The van der Waals surface area contributed by atoms with Crippen LogP contribution < -0.4 is 5.32 Å². The van der Waals surface area contributed by atoms with E-state index in [9.17, 15) is 0 Å². The Morgan fingerprint density at radius 2 is 1.71 bits per heavy atom. The van der Waals surface area contributed by atoms with Gasteiger partial charge in [0, 0.05) is 55.1 Å². The first kappa shape index (κ1) is 16.4. The number of rotatable bonds is 7. The highest BCUT2D eigenvalue weighted by atomic mass is 28.4. The van der Waals surface area contributed by atoms with Crippen LogP contribution in [0.15, 0.2) is 4.99 Å². The van der Waals surface area contributed by atoms with Gasteiger partial charge in [0.25, 0.3) is 0 Å². The molecule has 0 atom stereocenters. The molecular weight excluding hydrogens is 238 g/mol. The van der Waals surface area contributed by atoms with Crippen LogP contribution in [0.3, 0.4) is 0 Å². The Hall–Kier alpha value is -0.633. The lowest BCUT2D eigenvalue weighted by Crippen LogP contribution is -2.44. The molecule has 0 aromatic rings. The van der Waals surface area contributed by atoms with Gasteiger partial charge in [-0.3, -0.25) is 4.99 Å². The van der Waals surface area contributed by atoms with Crippen LogP contribution in [0.1, 0.15) is 6.42 Å². The highest BCUT2D eigenvalue weighted by Crippen LogP contribution is 2.14. The summed E-state index contributed by atoms with van der Waals surface area (Å²) in [5, 5.41) is 3.25. The SMILES string of the molecule is CN=C(NCCC[Si](OC)(OC)OC)N(C)C. The molecule has 0 unspecified atom stereocenters. The van der Waals surface area contributed by atoms with Crippen molar-refractivity contribution >= 4 is 14.8 Å². The molecule has 0 aromatic heterocycles. The van der Waals surface area contributed by atoms with Crippen LogP contribution in [-0.4, -0.2) is 68.7 Å². The van der Waals surface area contributed by atoms with Crippen LogP contribution in [0.5, 0.6) is 0 Å². The van der Waals surface area contributed by atoms with E-state index < -0.39 is 8.80 Å². The number of aliphatic imine (C=N–C) groups is 1. The van der Waals surface area contributed by atoms with Gasteiger partial charge in [0.15, 0.2) is 5.96 Å². The quantitative estimate of drug-likeness (QED) is 0.312. The summed E-state index contributed by atoms with van der Waals surface area (Å²) in [6.07, 6.45) is 0.911.